The molecule has 2 aromatic rings. The van der Waals surface area contributed by atoms with Crippen LogP contribution in [0.5, 0.6) is 0 Å². The number of nitrogens with zero attached hydrogens (tertiary/aromatic N) is 1. The zero-order valence-corrected chi connectivity index (χ0v) is 16.7. The minimum absolute atomic E-state index is 0.0128. The average Bonchev–Trinajstić information content (AvgIpc) is 2.62. The maximum Gasteiger partial charge on any atom is 0.338 e. The van der Waals surface area contributed by atoms with E-state index in [4.69, 9.17) is 16.3 Å². The summed E-state index contributed by atoms with van der Waals surface area (Å²) in [6.45, 7) is 7.62. The van der Waals surface area contributed by atoms with E-state index in [9.17, 15) is 19.7 Å². The number of nitro groups is 1. The van der Waals surface area contributed by atoms with Crippen molar-refractivity contribution in [3.63, 3.8) is 0 Å². The van der Waals surface area contributed by atoms with Crippen molar-refractivity contribution in [1.82, 2.24) is 0 Å². The van der Waals surface area contributed by atoms with Crippen LogP contribution in [-0.4, -0.2) is 22.9 Å². The lowest BCUT2D eigenvalue weighted by atomic mass is 9.87. The van der Waals surface area contributed by atoms with Crippen LogP contribution in [0.3, 0.4) is 0 Å². The monoisotopic (exact) mass is 404 g/mol. The molecule has 0 aliphatic rings. The quantitative estimate of drug-likeness (QED) is 0.441. The van der Waals surface area contributed by atoms with Gasteiger partial charge in [0.15, 0.2) is 6.10 Å². The highest BCUT2D eigenvalue weighted by Crippen LogP contribution is 2.27. The molecule has 0 unspecified atom stereocenters. The highest BCUT2D eigenvalue weighted by molar-refractivity contribution is 6.34. The van der Waals surface area contributed by atoms with Gasteiger partial charge in [0, 0.05) is 12.1 Å². The largest absolute Gasteiger partial charge is 0.449 e. The van der Waals surface area contributed by atoms with Crippen LogP contribution in [0.25, 0.3) is 0 Å². The second kappa shape index (κ2) is 8.39. The molecule has 0 heterocycles. The van der Waals surface area contributed by atoms with Crippen molar-refractivity contribution in [2.24, 2.45) is 0 Å². The van der Waals surface area contributed by atoms with Gasteiger partial charge >= 0.3 is 5.97 Å². The van der Waals surface area contributed by atoms with Gasteiger partial charge in [0.2, 0.25) is 0 Å². The maximum absolute atomic E-state index is 12.3. The SMILES string of the molecule is C[C@@H](OC(=O)c1ccc(C(C)(C)C)cc1)C(=O)Nc1ccc([N+](=O)[O-])cc1Cl. The molecule has 2 aromatic carbocycles. The molecule has 0 aliphatic heterocycles. The molecule has 0 saturated heterocycles. The molecule has 0 bridgehead atoms. The van der Waals surface area contributed by atoms with E-state index >= 15 is 0 Å². The van der Waals surface area contributed by atoms with Crippen molar-refractivity contribution in [3.05, 3.63) is 68.7 Å². The van der Waals surface area contributed by atoms with Crippen LogP contribution in [0, 0.1) is 10.1 Å². The number of esters is 1. The molecule has 2 rings (SSSR count). The second-order valence-electron chi connectivity index (χ2n) is 7.29. The summed E-state index contributed by atoms with van der Waals surface area (Å²) < 4.78 is 5.20. The van der Waals surface area contributed by atoms with E-state index in [2.05, 4.69) is 26.1 Å². The van der Waals surface area contributed by atoms with Crippen molar-refractivity contribution in [3.8, 4) is 0 Å². The van der Waals surface area contributed by atoms with E-state index in [0.717, 1.165) is 11.6 Å². The minimum atomic E-state index is -1.08. The molecule has 0 saturated carbocycles. The van der Waals surface area contributed by atoms with Crippen molar-refractivity contribution in [2.45, 2.75) is 39.2 Å². The van der Waals surface area contributed by atoms with Crippen LogP contribution in [0.1, 0.15) is 43.6 Å². The third kappa shape index (κ3) is 5.29. The van der Waals surface area contributed by atoms with Gasteiger partial charge in [-0.15, -0.1) is 0 Å². The molecular formula is C20H21ClN2O5. The normalized spacial score (nSPS) is 12.2. The number of hydrogen-bond donors (Lipinski definition) is 1. The second-order valence-corrected chi connectivity index (χ2v) is 7.69. The van der Waals surface area contributed by atoms with E-state index in [1.807, 2.05) is 12.1 Å². The molecule has 148 valence electrons. The highest BCUT2D eigenvalue weighted by atomic mass is 35.5. The Balaban J connectivity index is 2.02. The molecule has 0 spiro atoms. The summed E-state index contributed by atoms with van der Waals surface area (Å²) in [7, 11) is 0. The Kier molecular flexibility index (Phi) is 6.41. The third-order valence-corrected chi connectivity index (χ3v) is 4.37. The van der Waals surface area contributed by atoms with Crippen molar-refractivity contribution in [1.29, 1.82) is 0 Å². The van der Waals surface area contributed by atoms with Gasteiger partial charge in [0.25, 0.3) is 11.6 Å². The first-order chi connectivity index (χ1) is 13.0. The molecule has 0 aromatic heterocycles. The number of carbonyl (C=O) groups is 2. The van der Waals surface area contributed by atoms with Gasteiger partial charge in [0.05, 0.1) is 21.2 Å². The van der Waals surface area contributed by atoms with Gasteiger partial charge in [0.1, 0.15) is 0 Å². The summed E-state index contributed by atoms with van der Waals surface area (Å²) in [5, 5.41) is 13.2. The van der Waals surface area contributed by atoms with E-state index in [0.29, 0.717) is 5.56 Å². The topological polar surface area (TPSA) is 98.5 Å². The maximum atomic E-state index is 12.3. The lowest BCUT2D eigenvalue weighted by Gasteiger charge is -2.19. The molecule has 0 radical (unpaired) electrons. The van der Waals surface area contributed by atoms with Crippen LogP contribution in [-0.2, 0) is 14.9 Å². The van der Waals surface area contributed by atoms with Gasteiger partial charge in [-0.05, 0) is 36.1 Å². The Labute approximate surface area is 167 Å². The number of hydrogen-bond acceptors (Lipinski definition) is 5. The number of rotatable bonds is 5. The fourth-order valence-corrected chi connectivity index (χ4v) is 2.56. The number of carbonyl (C=O) groups excluding carboxylic acids is 2. The van der Waals surface area contributed by atoms with E-state index in [-0.39, 0.29) is 21.8 Å². The number of nitro benzene ring substituents is 1. The standard InChI is InChI=1S/C20H21ClN2O5/c1-12(18(24)22-17-10-9-15(23(26)27)11-16(17)21)28-19(25)13-5-7-14(8-6-13)20(2,3)4/h5-12H,1-4H3,(H,22,24)/t12-/m1/s1. The molecule has 7 nitrogen and oxygen atoms in total. The Morgan fingerprint density at radius 3 is 2.25 bits per heavy atom. The van der Waals surface area contributed by atoms with Gasteiger partial charge in [-0.3, -0.25) is 14.9 Å². The molecule has 1 atom stereocenters. The highest BCUT2D eigenvalue weighted by Gasteiger charge is 2.21. The fraction of sp³-hybridized carbons (Fsp3) is 0.300. The van der Waals surface area contributed by atoms with Gasteiger partial charge in [-0.1, -0.05) is 44.5 Å². The first-order valence-electron chi connectivity index (χ1n) is 8.55. The average molecular weight is 405 g/mol. The van der Waals surface area contributed by atoms with E-state index in [1.54, 1.807) is 12.1 Å². The van der Waals surface area contributed by atoms with E-state index in [1.165, 1.54) is 19.1 Å². The lowest BCUT2D eigenvalue weighted by Crippen LogP contribution is -2.30. The smallest absolute Gasteiger partial charge is 0.338 e. The Hall–Kier alpha value is -2.93. The predicted molar refractivity (Wildman–Crippen MR) is 107 cm³/mol. The Morgan fingerprint density at radius 1 is 1.14 bits per heavy atom. The van der Waals surface area contributed by atoms with Crippen LogP contribution < -0.4 is 5.32 Å². The van der Waals surface area contributed by atoms with Crippen molar-refractivity contribution < 1.29 is 19.2 Å². The van der Waals surface area contributed by atoms with E-state index < -0.39 is 22.9 Å². The molecule has 1 amide bonds. The number of halogens is 1. The first kappa shape index (κ1) is 21.4. The number of ether oxygens (including phenoxy) is 1. The molecule has 8 heteroatoms. The summed E-state index contributed by atoms with van der Waals surface area (Å²) in [6, 6.07) is 10.7. The number of anilines is 1. The summed E-state index contributed by atoms with van der Waals surface area (Å²) >= 11 is 5.95. The number of non-ortho nitro benzene ring substituents is 1. The summed E-state index contributed by atoms with van der Waals surface area (Å²) in [4.78, 5) is 34.6. The van der Waals surface area contributed by atoms with Crippen LogP contribution in [0.15, 0.2) is 42.5 Å². The van der Waals surface area contributed by atoms with Crippen molar-refractivity contribution in [2.75, 3.05) is 5.32 Å². The summed E-state index contributed by atoms with van der Waals surface area (Å²) in [5.41, 5.74) is 1.36. The van der Waals surface area contributed by atoms with Gasteiger partial charge in [-0.2, -0.15) is 0 Å². The summed E-state index contributed by atoms with van der Waals surface area (Å²) in [6.07, 6.45) is -1.08. The summed E-state index contributed by atoms with van der Waals surface area (Å²) in [5.74, 6) is -1.23. The van der Waals surface area contributed by atoms with Gasteiger partial charge < -0.3 is 10.1 Å². The Morgan fingerprint density at radius 2 is 1.75 bits per heavy atom. The molecule has 0 fully saturated rings. The zero-order chi connectivity index (χ0) is 21.1. The lowest BCUT2D eigenvalue weighted by molar-refractivity contribution is -0.384. The van der Waals surface area contributed by atoms with Crippen LogP contribution >= 0.6 is 11.6 Å². The fourth-order valence-electron chi connectivity index (χ4n) is 2.34. The van der Waals surface area contributed by atoms with Gasteiger partial charge in [-0.25, -0.2) is 4.79 Å². The molecule has 1 N–H and O–H groups in total. The Bertz CT molecular complexity index is 904. The zero-order valence-electron chi connectivity index (χ0n) is 16.0. The number of benzene rings is 2. The third-order valence-electron chi connectivity index (χ3n) is 4.06. The molecular weight excluding hydrogens is 384 g/mol. The number of amides is 1. The minimum Gasteiger partial charge on any atom is -0.449 e. The predicted octanol–water partition coefficient (Wildman–Crippen LogP) is 4.73. The van der Waals surface area contributed by atoms with Crippen LogP contribution in [0.4, 0.5) is 11.4 Å². The molecule has 28 heavy (non-hydrogen) atoms. The first-order valence-corrected chi connectivity index (χ1v) is 8.93. The number of nitrogens with one attached hydrogen (secondary N) is 1. The van der Waals surface area contributed by atoms with Crippen LogP contribution in [0.2, 0.25) is 5.02 Å². The van der Waals surface area contributed by atoms with Crippen molar-refractivity contribution >= 4 is 34.9 Å². The molecule has 0 aliphatic carbocycles.